The molecule has 1 aliphatic heterocycles. The second-order valence-electron chi connectivity index (χ2n) is 5.90. The van der Waals surface area contributed by atoms with Gasteiger partial charge >= 0.3 is 0 Å². The Balaban J connectivity index is 2.37. The summed E-state index contributed by atoms with van der Waals surface area (Å²) in [6.07, 6.45) is -0.158. The zero-order valence-corrected chi connectivity index (χ0v) is 15.1. The smallest absolute Gasteiger partial charge is 0.177 e. The maximum Gasteiger partial charge on any atom is 0.177 e. The third kappa shape index (κ3) is 2.72. The molecule has 0 radical (unpaired) electrons. The number of benzene rings is 1. The fourth-order valence-electron chi connectivity index (χ4n) is 2.92. The molecule has 0 N–H and O–H groups in total. The van der Waals surface area contributed by atoms with Crippen molar-refractivity contribution in [2.45, 2.75) is 6.42 Å². The summed E-state index contributed by atoms with van der Waals surface area (Å²) >= 11 is 0. The van der Waals surface area contributed by atoms with E-state index in [1.165, 1.54) is 0 Å². The molecule has 31 heavy (non-hydrogen) atoms. The van der Waals surface area contributed by atoms with Crippen LogP contribution in [0.5, 0.6) is 0 Å². The Bertz CT molecular complexity index is 1540. The van der Waals surface area contributed by atoms with Gasteiger partial charge in [0.1, 0.15) is 81.3 Å². The van der Waals surface area contributed by atoms with E-state index in [4.69, 9.17) is 0 Å². The number of hydrogen-bond donors (Lipinski definition) is 0. The topological polar surface area (TPSA) is 219 Å². The lowest BCUT2D eigenvalue weighted by molar-refractivity contribution is 1.17. The third-order valence-corrected chi connectivity index (χ3v) is 4.20. The molecule has 0 saturated heterocycles. The fourth-order valence-corrected chi connectivity index (χ4v) is 2.92. The number of fused-ring (bicyclic) bond motifs is 6. The van der Waals surface area contributed by atoms with Crippen molar-refractivity contribution < 1.29 is 0 Å². The van der Waals surface area contributed by atoms with E-state index >= 15 is 0 Å². The van der Waals surface area contributed by atoms with Gasteiger partial charge in [0.25, 0.3) is 0 Å². The summed E-state index contributed by atoms with van der Waals surface area (Å²) in [7, 11) is 0. The van der Waals surface area contributed by atoms with E-state index in [1.54, 1.807) is 24.3 Å². The maximum atomic E-state index is 9.39. The van der Waals surface area contributed by atoms with E-state index in [1.807, 2.05) is 12.1 Å². The molecule has 12 heteroatoms. The molecular formula is C19H2N12. The van der Waals surface area contributed by atoms with Crippen molar-refractivity contribution in [2.75, 3.05) is 0 Å². The number of aliphatic imine (C=N–C) groups is 2. The minimum absolute atomic E-state index is 0.0133. The Morgan fingerprint density at radius 1 is 0.452 bits per heavy atom. The van der Waals surface area contributed by atoms with Gasteiger partial charge in [0.2, 0.25) is 0 Å². The zero-order valence-electron chi connectivity index (χ0n) is 15.1. The molecule has 138 valence electrons. The monoisotopic (exact) mass is 398 g/mol. The van der Waals surface area contributed by atoms with Gasteiger partial charge in [-0.2, -0.15) is 31.6 Å². The molecule has 12 nitrogen and oxygen atoms in total. The van der Waals surface area contributed by atoms with Gasteiger partial charge in [0.15, 0.2) is 22.8 Å². The van der Waals surface area contributed by atoms with Gasteiger partial charge in [-0.05, 0) is 0 Å². The summed E-state index contributed by atoms with van der Waals surface area (Å²) in [4.78, 5) is 25.1. The van der Waals surface area contributed by atoms with Gasteiger partial charge < -0.3 is 0 Å². The molecule has 2 aromatic heterocycles. The van der Waals surface area contributed by atoms with Crippen molar-refractivity contribution in [1.29, 1.82) is 31.6 Å². The Hall–Kier alpha value is -5.82. The van der Waals surface area contributed by atoms with E-state index < -0.39 is 0 Å². The highest BCUT2D eigenvalue weighted by atomic mass is 15.0. The number of hydrogen-bond acceptors (Lipinski definition) is 12. The summed E-state index contributed by atoms with van der Waals surface area (Å²) < 4.78 is 0. The molecular weight excluding hydrogens is 396 g/mol. The van der Waals surface area contributed by atoms with Crippen molar-refractivity contribution in [3.8, 4) is 36.4 Å². The lowest BCUT2D eigenvalue weighted by Crippen LogP contribution is -2.02. The number of aromatic nitrogens is 4. The summed E-state index contributed by atoms with van der Waals surface area (Å²) in [5.74, 6) is 0. The van der Waals surface area contributed by atoms with Crippen LogP contribution in [0.4, 0.5) is 11.4 Å². The van der Waals surface area contributed by atoms with Crippen molar-refractivity contribution in [3.05, 3.63) is 22.8 Å². The van der Waals surface area contributed by atoms with Crippen LogP contribution in [0.2, 0.25) is 0 Å². The van der Waals surface area contributed by atoms with Crippen LogP contribution < -0.4 is 0 Å². The molecule has 1 aromatic carbocycles. The van der Waals surface area contributed by atoms with Crippen molar-refractivity contribution in [3.63, 3.8) is 0 Å². The first-order chi connectivity index (χ1) is 15.1. The molecule has 0 aliphatic carbocycles. The van der Waals surface area contributed by atoms with Gasteiger partial charge in [0, 0.05) is 0 Å². The van der Waals surface area contributed by atoms with Crippen LogP contribution >= 0.6 is 0 Å². The highest BCUT2D eigenvalue weighted by molar-refractivity contribution is 6.23. The molecule has 0 unspecified atom stereocenters. The molecule has 0 spiro atoms. The molecule has 1 aliphatic rings. The van der Waals surface area contributed by atoms with Crippen LogP contribution in [0.25, 0.3) is 22.1 Å². The zero-order chi connectivity index (χ0) is 22.1. The number of rotatable bonds is 0. The molecule has 0 saturated carbocycles. The Kier molecular flexibility index (Phi) is 4.17. The molecule has 0 fully saturated rings. The number of nitrogens with zero attached hydrogens (tertiary/aromatic N) is 12. The minimum atomic E-state index is -0.291. The normalized spacial score (nSPS) is 11.9. The van der Waals surface area contributed by atoms with Crippen LogP contribution in [0.15, 0.2) is 9.98 Å². The molecule has 0 atom stereocenters. The van der Waals surface area contributed by atoms with Crippen LogP contribution in [0.1, 0.15) is 29.2 Å². The largest absolute Gasteiger partial charge is 0.237 e. The molecule has 0 bridgehead atoms. The average Bonchev–Trinajstić information content (AvgIpc) is 3.01. The number of nitriles is 6. The van der Waals surface area contributed by atoms with Gasteiger partial charge in [-0.1, -0.05) is 0 Å². The van der Waals surface area contributed by atoms with Crippen LogP contribution in [-0.2, 0) is 0 Å². The van der Waals surface area contributed by atoms with E-state index in [0.717, 1.165) is 0 Å². The maximum absolute atomic E-state index is 9.39. The lowest BCUT2D eigenvalue weighted by Gasteiger charge is -2.10. The summed E-state index contributed by atoms with van der Waals surface area (Å²) in [6.45, 7) is 0. The summed E-state index contributed by atoms with van der Waals surface area (Å²) in [5.41, 5.74) is -1.36. The van der Waals surface area contributed by atoms with Crippen molar-refractivity contribution >= 4 is 44.9 Å². The van der Waals surface area contributed by atoms with E-state index in [-0.39, 0.29) is 74.1 Å². The first-order valence-electron chi connectivity index (χ1n) is 8.23. The van der Waals surface area contributed by atoms with E-state index in [9.17, 15) is 31.6 Å². The highest BCUT2D eigenvalue weighted by Crippen LogP contribution is 2.43. The third-order valence-electron chi connectivity index (χ3n) is 4.20. The van der Waals surface area contributed by atoms with E-state index in [2.05, 4.69) is 29.9 Å². The summed E-state index contributed by atoms with van der Waals surface area (Å²) in [5, 5.41) is 56.1. The standard InChI is InChI=1S/C19H2N12/c20-2-8-1-9(3-21)27-15-14(26-8)16-18(30-12(6-24)10(4-22)28-16)19-17(15)29-11(5-23)13(7-25)31-19/h1H2. The quantitative estimate of drug-likeness (QED) is 0.498. The Labute approximate surface area is 172 Å². The van der Waals surface area contributed by atoms with Crippen LogP contribution in [0.3, 0.4) is 0 Å². The SMILES string of the molecule is N#CC1=Nc2c(c3nc(C#N)c(C#N)nc3c3nc(C#N)c(C#N)nc23)N=C(C#N)C1. The van der Waals surface area contributed by atoms with Crippen LogP contribution in [0, 0.1) is 68.0 Å². The minimum Gasteiger partial charge on any atom is -0.237 e. The predicted octanol–water partition coefficient (Wildman–Crippen LogP) is 1.66. The second kappa shape index (κ2) is 6.97. The Morgan fingerprint density at radius 3 is 1.06 bits per heavy atom. The molecule has 4 rings (SSSR count). The van der Waals surface area contributed by atoms with E-state index in [0.29, 0.717) is 0 Å². The first-order valence-corrected chi connectivity index (χ1v) is 8.23. The van der Waals surface area contributed by atoms with Gasteiger partial charge in [0.05, 0.1) is 6.42 Å². The molecule has 3 heterocycles. The molecule has 0 amide bonds. The van der Waals surface area contributed by atoms with Gasteiger partial charge in [-0.15, -0.1) is 0 Å². The second-order valence-corrected chi connectivity index (χ2v) is 5.90. The molecule has 3 aromatic rings. The summed E-state index contributed by atoms with van der Waals surface area (Å²) in [6, 6.07) is 10.8. The van der Waals surface area contributed by atoms with Crippen molar-refractivity contribution in [1.82, 2.24) is 19.9 Å². The fraction of sp³-hybridized carbons (Fsp3) is 0.0526. The Morgan fingerprint density at radius 2 is 0.774 bits per heavy atom. The lowest BCUT2D eigenvalue weighted by atomic mass is 10.1. The highest BCUT2D eigenvalue weighted by Gasteiger charge is 2.25. The first kappa shape index (κ1) is 18.5. The van der Waals surface area contributed by atoms with Crippen LogP contribution in [-0.4, -0.2) is 31.4 Å². The van der Waals surface area contributed by atoms with Gasteiger partial charge in [-0.25, -0.2) is 29.9 Å². The van der Waals surface area contributed by atoms with Crippen molar-refractivity contribution in [2.24, 2.45) is 9.98 Å². The predicted molar refractivity (Wildman–Crippen MR) is 102 cm³/mol. The van der Waals surface area contributed by atoms with Gasteiger partial charge in [-0.3, -0.25) is 0 Å². The average molecular weight is 398 g/mol.